The van der Waals surface area contributed by atoms with Gasteiger partial charge >= 0.3 is 0 Å². The van der Waals surface area contributed by atoms with Gasteiger partial charge in [-0.15, -0.1) is 0 Å². The van der Waals surface area contributed by atoms with Gasteiger partial charge in [-0.1, -0.05) is 29.8 Å². The van der Waals surface area contributed by atoms with Gasteiger partial charge in [0.05, 0.1) is 11.9 Å². The number of hydrogen-bond donors (Lipinski definition) is 2. The maximum absolute atomic E-state index is 12.6. The summed E-state index contributed by atoms with van der Waals surface area (Å²) in [5.74, 6) is -0.125. The molecule has 8 heteroatoms. The molecule has 0 bridgehead atoms. The first-order chi connectivity index (χ1) is 13.6. The van der Waals surface area contributed by atoms with E-state index in [0.717, 1.165) is 16.8 Å². The van der Waals surface area contributed by atoms with E-state index in [1.165, 1.54) is 5.56 Å². The Kier molecular flexibility index (Phi) is 4.68. The lowest BCUT2D eigenvalue weighted by Gasteiger charge is -2.25. The van der Waals surface area contributed by atoms with Gasteiger partial charge in [-0.3, -0.25) is 14.7 Å². The van der Waals surface area contributed by atoms with E-state index >= 15 is 0 Å². The Bertz CT molecular complexity index is 1020. The molecule has 28 heavy (non-hydrogen) atoms. The summed E-state index contributed by atoms with van der Waals surface area (Å²) in [6.45, 7) is 6.20. The number of hydrogen-bond acceptors (Lipinski definition) is 4. The number of imidazole rings is 1. The lowest BCUT2D eigenvalue weighted by atomic mass is 10.1. The van der Waals surface area contributed by atoms with E-state index in [4.69, 9.17) is 0 Å². The zero-order chi connectivity index (χ0) is 19.7. The molecule has 0 spiro atoms. The van der Waals surface area contributed by atoms with Crippen LogP contribution >= 0.6 is 0 Å². The summed E-state index contributed by atoms with van der Waals surface area (Å²) in [4.78, 5) is 30.9. The third-order valence-corrected chi connectivity index (χ3v) is 4.98. The molecule has 2 amide bonds. The van der Waals surface area contributed by atoms with Crippen molar-refractivity contribution < 1.29 is 9.59 Å². The number of aromatic nitrogens is 4. The summed E-state index contributed by atoms with van der Waals surface area (Å²) in [5.41, 5.74) is 4.20. The summed E-state index contributed by atoms with van der Waals surface area (Å²) in [6, 6.07) is 8.10. The standard InChI is InChI=1S/C20H22N6O2/c1-3-25-8-9-26-12-16(23-18(26)20(25)28)19(27)21-10-15-11-22-24-17(15)14-6-4-13(2)5-7-14/h4-7,11-12H,3,8-10H2,1-2H3,(H,21,27)(H,22,24). The van der Waals surface area contributed by atoms with Gasteiger partial charge in [-0.25, -0.2) is 4.98 Å². The van der Waals surface area contributed by atoms with Crippen LogP contribution in [0.3, 0.4) is 0 Å². The highest BCUT2D eigenvalue weighted by Gasteiger charge is 2.27. The van der Waals surface area contributed by atoms with Gasteiger partial charge < -0.3 is 14.8 Å². The van der Waals surface area contributed by atoms with E-state index in [1.807, 2.05) is 38.1 Å². The minimum atomic E-state index is -0.311. The molecule has 0 aliphatic carbocycles. The molecular weight excluding hydrogens is 356 g/mol. The zero-order valence-electron chi connectivity index (χ0n) is 15.9. The summed E-state index contributed by atoms with van der Waals surface area (Å²) in [7, 11) is 0. The first-order valence-electron chi connectivity index (χ1n) is 9.30. The van der Waals surface area contributed by atoms with E-state index < -0.39 is 0 Å². The van der Waals surface area contributed by atoms with Gasteiger partial charge in [-0.2, -0.15) is 5.10 Å². The van der Waals surface area contributed by atoms with Crippen LogP contribution in [-0.2, 0) is 13.1 Å². The number of benzene rings is 1. The lowest BCUT2D eigenvalue weighted by Crippen LogP contribution is -2.40. The minimum absolute atomic E-state index is 0.135. The second-order valence-corrected chi connectivity index (χ2v) is 6.85. The molecule has 8 nitrogen and oxygen atoms in total. The van der Waals surface area contributed by atoms with Crippen molar-refractivity contribution in [2.75, 3.05) is 13.1 Å². The number of carbonyl (C=O) groups excluding carboxylic acids is 2. The quantitative estimate of drug-likeness (QED) is 0.710. The van der Waals surface area contributed by atoms with Crippen LogP contribution in [0.4, 0.5) is 0 Å². The number of nitrogens with one attached hydrogen (secondary N) is 2. The number of amides is 2. The summed E-state index contributed by atoms with van der Waals surface area (Å²) in [5, 5.41) is 9.97. The largest absolute Gasteiger partial charge is 0.346 e. The third-order valence-electron chi connectivity index (χ3n) is 4.98. The minimum Gasteiger partial charge on any atom is -0.346 e. The van der Waals surface area contributed by atoms with Crippen LogP contribution in [0.25, 0.3) is 11.3 Å². The van der Waals surface area contributed by atoms with E-state index in [2.05, 4.69) is 20.5 Å². The summed E-state index contributed by atoms with van der Waals surface area (Å²) < 4.78 is 1.75. The number of aryl methyl sites for hydroxylation is 1. The van der Waals surface area contributed by atoms with Gasteiger partial charge in [0.2, 0.25) is 0 Å². The Morgan fingerprint density at radius 3 is 2.79 bits per heavy atom. The van der Waals surface area contributed by atoms with Crippen molar-refractivity contribution in [3.05, 3.63) is 59.3 Å². The molecule has 0 atom stereocenters. The molecule has 0 saturated carbocycles. The van der Waals surface area contributed by atoms with Gasteiger partial charge in [0.15, 0.2) is 5.82 Å². The van der Waals surface area contributed by atoms with Crippen molar-refractivity contribution >= 4 is 11.8 Å². The van der Waals surface area contributed by atoms with Crippen LogP contribution in [0, 0.1) is 6.92 Å². The molecule has 0 saturated heterocycles. The average molecular weight is 378 g/mol. The smallest absolute Gasteiger partial charge is 0.289 e. The second-order valence-electron chi connectivity index (χ2n) is 6.85. The van der Waals surface area contributed by atoms with Crippen LogP contribution in [0.5, 0.6) is 0 Å². The topological polar surface area (TPSA) is 95.9 Å². The van der Waals surface area contributed by atoms with Crippen molar-refractivity contribution in [2.24, 2.45) is 0 Å². The number of rotatable bonds is 5. The highest BCUT2D eigenvalue weighted by atomic mass is 16.2. The Labute approximate surface area is 162 Å². The number of nitrogens with zero attached hydrogens (tertiary/aromatic N) is 4. The molecule has 0 radical (unpaired) electrons. The van der Waals surface area contributed by atoms with Crippen molar-refractivity contribution in [3.63, 3.8) is 0 Å². The molecule has 1 aromatic carbocycles. The molecule has 4 rings (SSSR count). The average Bonchev–Trinajstić information content (AvgIpc) is 3.34. The molecule has 1 aliphatic rings. The van der Waals surface area contributed by atoms with Crippen molar-refractivity contribution in [1.29, 1.82) is 0 Å². The van der Waals surface area contributed by atoms with Crippen LogP contribution < -0.4 is 5.32 Å². The van der Waals surface area contributed by atoms with Crippen molar-refractivity contribution in [1.82, 2.24) is 30.0 Å². The first-order valence-corrected chi connectivity index (χ1v) is 9.30. The second kappa shape index (κ2) is 7.30. The molecule has 3 heterocycles. The van der Waals surface area contributed by atoms with Crippen LogP contribution in [-0.4, -0.2) is 49.6 Å². The summed E-state index contributed by atoms with van der Waals surface area (Å²) >= 11 is 0. The van der Waals surface area contributed by atoms with Crippen LogP contribution in [0.2, 0.25) is 0 Å². The maximum atomic E-state index is 12.6. The van der Waals surface area contributed by atoms with E-state index in [9.17, 15) is 9.59 Å². The van der Waals surface area contributed by atoms with Crippen LogP contribution in [0.1, 0.15) is 39.2 Å². The summed E-state index contributed by atoms with van der Waals surface area (Å²) in [6.07, 6.45) is 3.35. The maximum Gasteiger partial charge on any atom is 0.289 e. The predicted molar refractivity (Wildman–Crippen MR) is 104 cm³/mol. The molecule has 2 aromatic heterocycles. The van der Waals surface area contributed by atoms with Crippen molar-refractivity contribution in [2.45, 2.75) is 26.9 Å². The highest BCUT2D eigenvalue weighted by Crippen LogP contribution is 2.21. The Balaban J connectivity index is 1.47. The Hall–Kier alpha value is -3.42. The number of H-pyrrole nitrogens is 1. The van der Waals surface area contributed by atoms with E-state index in [1.54, 1.807) is 21.9 Å². The number of aromatic amines is 1. The molecular formula is C20H22N6O2. The fourth-order valence-electron chi connectivity index (χ4n) is 3.32. The molecule has 0 fully saturated rings. The fourth-order valence-corrected chi connectivity index (χ4v) is 3.32. The van der Waals surface area contributed by atoms with Crippen molar-refractivity contribution in [3.8, 4) is 11.3 Å². The normalized spacial score (nSPS) is 13.5. The zero-order valence-corrected chi connectivity index (χ0v) is 15.9. The van der Waals surface area contributed by atoms with Gasteiger partial charge in [-0.05, 0) is 19.4 Å². The van der Waals surface area contributed by atoms with Gasteiger partial charge in [0, 0.05) is 37.9 Å². The third kappa shape index (κ3) is 3.28. The SMILES string of the molecule is CCN1CCn2cc(C(=O)NCc3cn[nH]c3-c3ccc(C)cc3)nc2C1=O. The van der Waals surface area contributed by atoms with Gasteiger partial charge in [0.1, 0.15) is 5.69 Å². The van der Waals surface area contributed by atoms with Crippen LogP contribution in [0.15, 0.2) is 36.7 Å². The highest BCUT2D eigenvalue weighted by molar-refractivity contribution is 5.96. The number of likely N-dealkylation sites (N-methyl/N-ethyl adjacent to an activating group) is 1. The number of carbonyl (C=O) groups is 2. The molecule has 144 valence electrons. The van der Waals surface area contributed by atoms with E-state index in [0.29, 0.717) is 32.0 Å². The molecule has 0 unspecified atom stereocenters. The van der Waals surface area contributed by atoms with Gasteiger partial charge in [0.25, 0.3) is 11.8 Å². The Morgan fingerprint density at radius 1 is 1.25 bits per heavy atom. The predicted octanol–water partition coefficient (Wildman–Crippen LogP) is 1.99. The molecule has 3 aromatic rings. The monoisotopic (exact) mass is 378 g/mol. The first kappa shape index (κ1) is 18.0. The lowest BCUT2D eigenvalue weighted by molar-refractivity contribution is 0.0707. The van der Waals surface area contributed by atoms with E-state index in [-0.39, 0.29) is 17.5 Å². The fraction of sp³-hybridized carbons (Fsp3) is 0.300. The number of fused-ring (bicyclic) bond motifs is 1. The Morgan fingerprint density at radius 2 is 2.04 bits per heavy atom. The molecule has 2 N–H and O–H groups in total. The molecule has 1 aliphatic heterocycles.